The summed E-state index contributed by atoms with van der Waals surface area (Å²) >= 11 is 0. The van der Waals surface area contributed by atoms with Crippen LogP contribution in [0.25, 0.3) is 0 Å². The first kappa shape index (κ1) is 48.7. The molecule has 54 heavy (non-hydrogen) atoms. The van der Waals surface area contributed by atoms with Crippen LogP contribution in [0.15, 0.2) is 18.2 Å². The van der Waals surface area contributed by atoms with Gasteiger partial charge in [0.2, 0.25) is 0 Å². The van der Waals surface area contributed by atoms with Gasteiger partial charge in [-0.05, 0) is 95.0 Å². The Labute approximate surface area is 325 Å². The lowest BCUT2D eigenvalue weighted by Gasteiger charge is -2.18. The Kier molecular flexibility index (Phi) is 28.8. The molecule has 0 aliphatic rings. The summed E-state index contributed by atoms with van der Waals surface area (Å²) in [5.74, 6) is -3.04. The predicted octanol–water partition coefficient (Wildman–Crippen LogP) is 10.4. The number of unbranched alkanes of at least 4 members (excludes halogenated alkanes) is 14. The zero-order chi connectivity index (χ0) is 39.8. The van der Waals surface area contributed by atoms with E-state index in [4.69, 9.17) is 18.9 Å². The summed E-state index contributed by atoms with van der Waals surface area (Å²) in [6.07, 6.45) is 18.2. The lowest BCUT2D eigenvalue weighted by atomic mass is 9.89. The minimum absolute atomic E-state index is 0.177. The van der Waals surface area contributed by atoms with E-state index in [0.29, 0.717) is 71.1 Å². The van der Waals surface area contributed by atoms with Crippen molar-refractivity contribution in [2.75, 3.05) is 40.5 Å². The fourth-order valence-electron chi connectivity index (χ4n) is 6.54. The Morgan fingerprint density at radius 3 is 1.15 bits per heavy atom. The number of carboxylic acids is 2. The summed E-state index contributed by atoms with van der Waals surface area (Å²) < 4.78 is 20.7. The third-order valence-electron chi connectivity index (χ3n) is 9.54. The minimum atomic E-state index is -0.892. The van der Waals surface area contributed by atoms with Gasteiger partial charge in [0.05, 0.1) is 38.3 Å². The molecular formula is C43H73NO10. The molecule has 0 aliphatic heterocycles. The number of benzene rings is 1. The normalized spacial score (nSPS) is 12.3. The highest BCUT2D eigenvalue weighted by atomic mass is 16.7. The van der Waals surface area contributed by atoms with Gasteiger partial charge in [0.15, 0.2) is 0 Å². The van der Waals surface area contributed by atoms with E-state index in [-0.39, 0.29) is 13.2 Å². The summed E-state index contributed by atoms with van der Waals surface area (Å²) in [7, 11) is 3.90. The molecule has 0 aliphatic carbocycles. The van der Waals surface area contributed by atoms with Crippen LogP contribution < -0.4 is 0 Å². The quantitative estimate of drug-likeness (QED) is 0.0510. The molecule has 1 aromatic carbocycles. The Balaban J connectivity index is 2.54. The molecule has 310 valence electrons. The number of ether oxygens (including phenoxy) is 4. The number of hydrogen-bond donors (Lipinski definition) is 2. The Hall–Kier alpha value is -3.34. The second-order valence-electron chi connectivity index (χ2n) is 15.0. The molecule has 2 atom stereocenters. The molecule has 0 fully saturated rings. The maximum atomic E-state index is 12.2. The van der Waals surface area contributed by atoms with E-state index < -0.39 is 36.1 Å². The van der Waals surface area contributed by atoms with E-state index >= 15 is 0 Å². The van der Waals surface area contributed by atoms with Crippen molar-refractivity contribution in [1.29, 1.82) is 0 Å². The van der Waals surface area contributed by atoms with Crippen molar-refractivity contribution in [3.8, 4) is 0 Å². The first-order valence-corrected chi connectivity index (χ1v) is 20.9. The van der Waals surface area contributed by atoms with E-state index in [9.17, 15) is 29.4 Å². The number of nitrogens with zero attached hydrogens (tertiary/aromatic N) is 1. The van der Waals surface area contributed by atoms with Crippen molar-refractivity contribution in [3.05, 3.63) is 34.9 Å². The monoisotopic (exact) mass is 764 g/mol. The van der Waals surface area contributed by atoms with E-state index in [1.807, 2.05) is 37.2 Å². The second kappa shape index (κ2) is 32.0. The van der Waals surface area contributed by atoms with Gasteiger partial charge < -0.3 is 34.1 Å². The molecule has 2 unspecified atom stereocenters. The van der Waals surface area contributed by atoms with E-state index in [1.165, 1.54) is 51.4 Å². The molecule has 11 nitrogen and oxygen atoms in total. The summed E-state index contributed by atoms with van der Waals surface area (Å²) in [6, 6.07) is 5.94. The van der Waals surface area contributed by atoms with E-state index in [2.05, 4.69) is 13.8 Å². The van der Waals surface area contributed by atoms with Gasteiger partial charge >= 0.3 is 24.2 Å². The van der Waals surface area contributed by atoms with Crippen LogP contribution in [0.1, 0.15) is 159 Å². The summed E-state index contributed by atoms with van der Waals surface area (Å²) in [6.45, 7) is 6.07. The lowest BCUT2D eigenvalue weighted by molar-refractivity contribution is -0.142. The topological polar surface area (TPSA) is 149 Å². The van der Waals surface area contributed by atoms with E-state index in [1.54, 1.807) is 0 Å². The number of hydrogen-bond acceptors (Lipinski definition) is 9. The highest BCUT2D eigenvalue weighted by Gasteiger charge is 2.21. The zero-order valence-electron chi connectivity index (χ0n) is 34.1. The van der Waals surface area contributed by atoms with Crippen molar-refractivity contribution in [3.63, 3.8) is 0 Å². The van der Waals surface area contributed by atoms with Crippen LogP contribution >= 0.6 is 0 Å². The van der Waals surface area contributed by atoms with Crippen LogP contribution in [0.2, 0.25) is 0 Å². The second-order valence-corrected chi connectivity index (χ2v) is 15.0. The third-order valence-corrected chi connectivity index (χ3v) is 9.54. The molecule has 1 rings (SSSR count). The van der Waals surface area contributed by atoms with Crippen molar-refractivity contribution in [1.82, 2.24) is 4.90 Å². The Bertz CT molecular complexity index is 1080. The van der Waals surface area contributed by atoms with Crippen molar-refractivity contribution < 1.29 is 48.3 Å². The third kappa shape index (κ3) is 26.4. The number of carbonyl (C=O) groups is 4. The highest BCUT2D eigenvalue weighted by Crippen LogP contribution is 2.23. The molecule has 2 N–H and O–H groups in total. The van der Waals surface area contributed by atoms with Gasteiger partial charge in [-0.25, -0.2) is 9.59 Å². The molecule has 0 saturated heterocycles. The number of carboxylic acid groups (broad SMARTS) is 2. The molecule has 0 aromatic heterocycles. The molecule has 0 spiro atoms. The maximum absolute atomic E-state index is 12.2. The van der Waals surface area contributed by atoms with Crippen LogP contribution in [-0.4, -0.2) is 79.9 Å². The van der Waals surface area contributed by atoms with Crippen molar-refractivity contribution in [2.45, 2.75) is 162 Å². The lowest BCUT2D eigenvalue weighted by Crippen LogP contribution is -2.19. The van der Waals surface area contributed by atoms with Crippen molar-refractivity contribution >= 4 is 24.2 Å². The van der Waals surface area contributed by atoms with Crippen molar-refractivity contribution in [2.24, 2.45) is 11.8 Å². The Morgan fingerprint density at radius 2 is 0.815 bits per heavy atom. The van der Waals surface area contributed by atoms with Crippen LogP contribution in [-0.2, 0) is 47.9 Å². The first-order valence-electron chi connectivity index (χ1n) is 20.9. The van der Waals surface area contributed by atoms with Gasteiger partial charge in [0.1, 0.15) is 0 Å². The first-order chi connectivity index (χ1) is 26.0. The SMILES string of the molecule is CCCCCCCCCOC(=O)OCCCCC(Cc1cc(CC(CCCCOC(=O)OCCCCCCCCC)C(=O)O)cc(CN(C)C)c1)C(=O)O. The Morgan fingerprint density at radius 1 is 0.500 bits per heavy atom. The van der Waals surface area contributed by atoms with Gasteiger partial charge in [0.25, 0.3) is 0 Å². The zero-order valence-corrected chi connectivity index (χ0v) is 34.1. The number of rotatable bonds is 34. The minimum Gasteiger partial charge on any atom is -0.481 e. The smallest absolute Gasteiger partial charge is 0.481 e. The standard InChI is InChI=1S/C43H73NO10/c1-5-7-9-11-13-15-19-25-51-42(49)53-27-21-17-23-38(40(45)46)32-35-29-36(31-37(30-35)34-44(3)4)33-39(41(47)48)24-18-22-28-54-43(50)52-26-20-16-14-12-10-8-6-2/h29-31,38-39H,5-28,32-34H2,1-4H3,(H,45,46)(H,47,48). The van der Waals surface area contributed by atoms with Gasteiger partial charge in [-0.1, -0.05) is 109 Å². The molecule has 0 radical (unpaired) electrons. The highest BCUT2D eigenvalue weighted by molar-refractivity contribution is 5.71. The fourth-order valence-corrected chi connectivity index (χ4v) is 6.54. The largest absolute Gasteiger partial charge is 0.508 e. The van der Waals surface area contributed by atoms with Crippen LogP contribution in [0.3, 0.4) is 0 Å². The van der Waals surface area contributed by atoms with Gasteiger partial charge in [-0.2, -0.15) is 0 Å². The van der Waals surface area contributed by atoms with Crippen LogP contribution in [0.4, 0.5) is 9.59 Å². The molecule has 0 bridgehead atoms. The fraction of sp³-hybridized carbons (Fsp3) is 0.767. The average molecular weight is 764 g/mol. The number of carbonyl (C=O) groups excluding carboxylic acids is 2. The van der Waals surface area contributed by atoms with Gasteiger partial charge in [-0.15, -0.1) is 0 Å². The number of aliphatic carboxylic acids is 2. The summed E-state index contributed by atoms with van der Waals surface area (Å²) in [4.78, 5) is 50.3. The van der Waals surface area contributed by atoms with Crippen LogP contribution in [0.5, 0.6) is 0 Å². The van der Waals surface area contributed by atoms with Crippen LogP contribution in [0, 0.1) is 11.8 Å². The predicted molar refractivity (Wildman–Crippen MR) is 212 cm³/mol. The molecular weight excluding hydrogens is 690 g/mol. The molecule has 0 amide bonds. The molecule has 0 saturated carbocycles. The average Bonchev–Trinajstić information content (AvgIpc) is 3.12. The van der Waals surface area contributed by atoms with Gasteiger partial charge in [-0.3, -0.25) is 9.59 Å². The van der Waals surface area contributed by atoms with Gasteiger partial charge in [0, 0.05) is 6.54 Å². The molecule has 11 heteroatoms. The van der Waals surface area contributed by atoms with E-state index in [0.717, 1.165) is 55.2 Å². The molecule has 0 heterocycles. The maximum Gasteiger partial charge on any atom is 0.508 e. The summed E-state index contributed by atoms with van der Waals surface area (Å²) in [5, 5.41) is 20.0. The summed E-state index contributed by atoms with van der Waals surface area (Å²) in [5.41, 5.74) is 2.71. The molecule has 1 aromatic rings.